The lowest BCUT2D eigenvalue weighted by Gasteiger charge is -2.11. The molecule has 100 valence electrons. The van der Waals surface area contributed by atoms with Crippen molar-refractivity contribution in [3.63, 3.8) is 0 Å². The van der Waals surface area contributed by atoms with E-state index in [1.807, 2.05) is 6.07 Å². The van der Waals surface area contributed by atoms with Gasteiger partial charge in [-0.15, -0.1) is 0 Å². The molecule has 0 aromatic heterocycles. The fourth-order valence-corrected chi connectivity index (χ4v) is 1.89. The van der Waals surface area contributed by atoms with E-state index >= 15 is 0 Å². The lowest BCUT2D eigenvalue weighted by Crippen LogP contribution is -1.93. The molecule has 2 aromatic rings. The van der Waals surface area contributed by atoms with Crippen molar-refractivity contribution in [2.24, 2.45) is 0 Å². The van der Waals surface area contributed by atoms with Crippen LogP contribution >= 0.6 is 11.6 Å². The van der Waals surface area contributed by atoms with E-state index in [4.69, 9.17) is 21.6 Å². The van der Waals surface area contributed by atoms with Crippen LogP contribution in [0.5, 0.6) is 11.5 Å². The van der Waals surface area contributed by atoms with E-state index in [1.165, 1.54) is 18.2 Å². The average molecular weight is 289 g/mol. The molecule has 0 spiro atoms. The fraction of sp³-hybridized carbons (Fsp3) is 0.0714. The molecule has 2 rings (SSSR count). The highest BCUT2D eigenvalue weighted by Crippen LogP contribution is 2.35. The number of hydrogen-bond acceptors (Lipinski definition) is 4. The van der Waals surface area contributed by atoms with Gasteiger partial charge in [-0.05, 0) is 24.6 Å². The Morgan fingerprint density at radius 2 is 2.10 bits per heavy atom. The van der Waals surface area contributed by atoms with Gasteiger partial charge in [0.05, 0.1) is 15.5 Å². The van der Waals surface area contributed by atoms with Crippen LogP contribution in [0.4, 0.5) is 5.69 Å². The Kier molecular flexibility index (Phi) is 3.87. The monoisotopic (exact) mass is 288 g/mol. The second-order valence-electron chi connectivity index (χ2n) is 4.04. The van der Waals surface area contributed by atoms with Gasteiger partial charge in [-0.3, -0.25) is 10.1 Å². The predicted octanol–water partition coefficient (Wildman–Crippen LogP) is 4.22. The number of para-hydroxylation sites is 1. The highest BCUT2D eigenvalue weighted by atomic mass is 35.5. The minimum Gasteiger partial charge on any atom is -0.454 e. The standard InChI is InChI=1S/C14H9ClN2O3/c1-9-3-2-4-10(8-16)14(9)20-13-6-5-11(17(18)19)7-12(13)15/h2-7H,1H3. The molecule has 0 fully saturated rings. The molecule has 0 saturated heterocycles. The van der Waals surface area contributed by atoms with E-state index in [9.17, 15) is 10.1 Å². The summed E-state index contributed by atoms with van der Waals surface area (Å²) in [5, 5.41) is 19.8. The number of halogens is 1. The van der Waals surface area contributed by atoms with Crippen molar-refractivity contribution in [1.29, 1.82) is 5.26 Å². The van der Waals surface area contributed by atoms with Crippen molar-refractivity contribution < 1.29 is 9.66 Å². The highest BCUT2D eigenvalue weighted by Gasteiger charge is 2.13. The first-order valence-corrected chi connectivity index (χ1v) is 6.02. The largest absolute Gasteiger partial charge is 0.454 e. The van der Waals surface area contributed by atoms with Gasteiger partial charge in [-0.2, -0.15) is 5.26 Å². The van der Waals surface area contributed by atoms with Gasteiger partial charge in [0.25, 0.3) is 5.69 Å². The van der Waals surface area contributed by atoms with E-state index in [1.54, 1.807) is 25.1 Å². The van der Waals surface area contributed by atoms with Crippen LogP contribution in [0.2, 0.25) is 5.02 Å². The molecule has 0 N–H and O–H groups in total. The zero-order chi connectivity index (χ0) is 14.7. The molecule has 0 aliphatic rings. The number of rotatable bonds is 3. The third-order valence-electron chi connectivity index (χ3n) is 2.67. The third-order valence-corrected chi connectivity index (χ3v) is 2.97. The van der Waals surface area contributed by atoms with Crippen LogP contribution in [0.15, 0.2) is 36.4 Å². The van der Waals surface area contributed by atoms with Crippen LogP contribution < -0.4 is 4.74 Å². The van der Waals surface area contributed by atoms with E-state index < -0.39 is 4.92 Å². The smallest absolute Gasteiger partial charge is 0.271 e. The number of aryl methyl sites for hydroxylation is 1. The molecule has 0 bridgehead atoms. The maximum atomic E-state index is 10.6. The molecule has 6 heteroatoms. The molecule has 0 atom stereocenters. The van der Waals surface area contributed by atoms with Crippen LogP contribution in [0, 0.1) is 28.4 Å². The van der Waals surface area contributed by atoms with Gasteiger partial charge < -0.3 is 4.74 Å². The summed E-state index contributed by atoms with van der Waals surface area (Å²) < 4.78 is 5.62. The van der Waals surface area contributed by atoms with E-state index in [0.29, 0.717) is 11.3 Å². The number of ether oxygens (including phenoxy) is 1. The molecule has 5 nitrogen and oxygen atoms in total. The second kappa shape index (κ2) is 5.59. The van der Waals surface area contributed by atoms with Crippen LogP contribution in [-0.4, -0.2) is 4.92 Å². The first-order valence-electron chi connectivity index (χ1n) is 5.64. The van der Waals surface area contributed by atoms with E-state index in [0.717, 1.165) is 5.56 Å². The van der Waals surface area contributed by atoms with Crippen molar-refractivity contribution in [3.8, 4) is 17.6 Å². The SMILES string of the molecule is Cc1cccc(C#N)c1Oc1ccc([N+](=O)[O-])cc1Cl. The number of nitriles is 1. The molecule has 0 unspecified atom stereocenters. The number of non-ortho nitro benzene ring substituents is 1. The Morgan fingerprint density at radius 3 is 2.70 bits per heavy atom. The minimum atomic E-state index is -0.538. The number of nitro groups is 1. The van der Waals surface area contributed by atoms with E-state index in [-0.39, 0.29) is 16.5 Å². The molecule has 20 heavy (non-hydrogen) atoms. The maximum Gasteiger partial charge on any atom is 0.271 e. The topological polar surface area (TPSA) is 76.2 Å². The van der Waals surface area contributed by atoms with Crippen molar-refractivity contribution in [1.82, 2.24) is 0 Å². The van der Waals surface area contributed by atoms with E-state index in [2.05, 4.69) is 0 Å². The third kappa shape index (κ3) is 2.71. The summed E-state index contributed by atoms with van der Waals surface area (Å²) in [6.07, 6.45) is 0. The van der Waals surface area contributed by atoms with Crippen LogP contribution in [0.25, 0.3) is 0 Å². The molecule has 0 amide bonds. The molecule has 0 saturated carbocycles. The van der Waals surface area contributed by atoms with Crippen molar-refractivity contribution in [2.45, 2.75) is 6.92 Å². The molecular formula is C14H9ClN2O3. The highest BCUT2D eigenvalue weighted by molar-refractivity contribution is 6.32. The summed E-state index contributed by atoms with van der Waals surface area (Å²) in [5.74, 6) is 0.661. The molecule has 0 aliphatic heterocycles. The molecule has 2 aromatic carbocycles. The summed E-state index contributed by atoms with van der Waals surface area (Å²) >= 11 is 5.96. The average Bonchev–Trinajstić information content (AvgIpc) is 2.42. The number of hydrogen-bond donors (Lipinski definition) is 0. The Morgan fingerprint density at radius 1 is 1.35 bits per heavy atom. The van der Waals surface area contributed by atoms with Gasteiger partial charge in [0, 0.05) is 12.1 Å². The second-order valence-corrected chi connectivity index (χ2v) is 4.44. The zero-order valence-corrected chi connectivity index (χ0v) is 11.2. The predicted molar refractivity (Wildman–Crippen MR) is 74.1 cm³/mol. The molecule has 0 aliphatic carbocycles. The lowest BCUT2D eigenvalue weighted by atomic mass is 10.1. The van der Waals surface area contributed by atoms with Crippen molar-refractivity contribution >= 4 is 17.3 Å². The summed E-state index contributed by atoms with van der Waals surface area (Å²) in [6.45, 7) is 1.80. The van der Waals surface area contributed by atoms with Crippen LogP contribution in [-0.2, 0) is 0 Å². The maximum absolute atomic E-state index is 10.6. The Balaban J connectivity index is 2.41. The van der Waals surface area contributed by atoms with Crippen molar-refractivity contribution in [2.75, 3.05) is 0 Å². The summed E-state index contributed by atoms with van der Waals surface area (Å²) in [7, 11) is 0. The van der Waals surface area contributed by atoms with Gasteiger partial charge in [0.2, 0.25) is 0 Å². The van der Waals surface area contributed by atoms with Gasteiger partial charge in [0.1, 0.15) is 17.6 Å². The first kappa shape index (κ1) is 13.8. The minimum absolute atomic E-state index is 0.117. The number of benzene rings is 2. The van der Waals surface area contributed by atoms with Gasteiger partial charge >= 0.3 is 0 Å². The van der Waals surface area contributed by atoms with Crippen molar-refractivity contribution in [3.05, 3.63) is 62.7 Å². The summed E-state index contributed by atoms with van der Waals surface area (Å²) in [4.78, 5) is 10.1. The molecule has 0 heterocycles. The van der Waals surface area contributed by atoms with Crippen LogP contribution in [0.3, 0.4) is 0 Å². The lowest BCUT2D eigenvalue weighted by molar-refractivity contribution is -0.384. The van der Waals surface area contributed by atoms with Gasteiger partial charge in [-0.25, -0.2) is 0 Å². The van der Waals surface area contributed by atoms with Gasteiger partial charge in [-0.1, -0.05) is 23.7 Å². The Bertz CT molecular complexity index is 723. The number of nitro benzene ring substituents is 1. The summed E-state index contributed by atoms with van der Waals surface area (Å²) in [6, 6.07) is 11.1. The van der Waals surface area contributed by atoms with Gasteiger partial charge in [0.15, 0.2) is 0 Å². The normalized spacial score (nSPS) is 9.85. The molecule has 0 radical (unpaired) electrons. The Hall–Kier alpha value is -2.58. The zero-order valence-electron chi connectivity index (χ0n) is 10.5. The molecular weight excluding hydrogens is 280 g/mol. The van der Waals surface area contributed by atoms with Crippen LogP contribution in [0.1, 0.15) is 11.1 Å². The fourth-order valence-electron chi connectivity index (χ4n) is 1.67. The first-order chi connectivity index (χ1) is 9.52. The Labute approximate surface area is 120 Å². The quantitative estimate of drug-likeness (QED) is 0.626. The summed E-state index contributed by atoms with van der Waals surface area (Å²) in [5.41, 5.74) is 1.03. The number of nitrogens with zero attached hydrogens (tertiary/aromatic N) is 2.